The summed E-state index contributed by atoms with van der Waals surface area (Å²) < 4.78 is 5.65. The molecule has 136 valence electrons. The second kappa shape index (κ2) is 8.34. The van der Waals surface area contributed by atoms with Gasteiger partial charge >= 0.3 is 0 Å². The van der Waals surface area contributed by atoms with Crippen LogP contribution in [-0.2, 0) is 11.2 Å². The van der Waals surface area contributed by atoms with E-state index in [1.807, 2.05) is 17.5 Å². The first kappa shape index (κ1) is 18.4. The lowest BCUT2D eigenvalue weighted by Gasteiger charge is -2.10. The summed E-state index contributed by atoms with van der Waals surface area (Å²) in [6.07, 6.45) is 5.20. The Kier molecular flexibility index (Phi) is 5.69. The van der Waals surface area contributed by atoms with E-state index in [2.05, 4.69) is 21.5 Å². The van der Waals surface area contributed by atoms with E-state index >= 15 is 0 Å². The molecule has 0 spiro atoms. The lowest BCUT2D eigenvalue weighted by atomic mass is 10.1. The highest BCUT2D eigenvalue weighted by Gasteiger charge is 2.17. The third-order valence-corrected chi connectivity index (χ3v) is 4.61. The quantitative estimate of drug-likeness (QED) is 0.644. The Hall–Kier alpha value is -3.37. The molecule has 2 amide bonds. The monoisotopic (exact) mass is 379 g/mol. The highest BCUT2D eigenvalue weighted by atomic mass is 32.1. The second-order valence-electron chi connectivity index (χ2n) is 5.66. The normalized spacial score (nSPS) is 10.2. The summed E-state index contributed by atoms with van der Waals surface area (Å²) in [4.78, 5) is 29.9. The summed E-state index contributed by atoms with van der Waals surface area (Å²) in [7, 11) is 0. The van der Waals surface area contributed by atoms with Gasteiger partial charge in [-0.05, 0) is 30.5 Å². The second-order valence-corrected chi connectivity index (χ2v) is 6.60. The smallest absolute Gasteiger partial charge is 0.254 e. The first-order valence-corrected chi connectivity index (χ1v) is 9.07. The molecule has 3 aromatic rings. The Morgan fingerprint density at radius 3 is 2.81 bits per heavy atom. The zero-order valence-corrected chi connectivity index (χ0v) is 15.4. The number of hydrogen-bond acceptors (Lipinski definition) is 5. The molecule has 0 radical (unpaired) electrons. The SMILES string of the molecule is C#CCNC(=O)c1ccccc1NC(=O)Cc1nc(-c2cccs2)oc1C. The highest BCUT2D eigenvalue weighted by Crippen LogP contribution is 2.26. The van der Waals surface area contributed by atoms with Crippen LogP contribution in [0.15, 0.2) is 46.2 Å². The van der Waals surface area contributed by atoms with Gasteiger partial charge in [0.2, 0.25) is 11.8 Å². The Balaban J connectivity index is 1.72. The molecule has 0 fully saturated rings. The zero-order valence-electron chi connectivity index (χ0n) is 14.6. The number of carbonyl (C=O) groups excluding carboxylic acids is 2. The van der Waals surface area contributed by atoms with E-state index in [4.69, 9.17) is 10.8 Å². The van der Waals surface area contributed by atoms with Crippen molar-refractivity contribution in [3.8, 4) is 23.1 Å². The van der Waals surface area contributed by atoms with E-state index < -0.39 is 0 Å². The van der Waals surface area contributed by atoms with Crippen molar-refractivity contribution in [2.45, 2.75) is 13.3 Å². The molecule has 0 atom stereocenters. The number of carbonyl (C=O) groups is 2. The molecule has 2 N–H and O–H groups in total. The molecule has 3 rings (SSSR count). The minimum atomic E-state index is -0.346. The first-order chi connectivity index (χ1) is 13.1. The van der Waals surface area contributed by atoms with Crippen molar-refractivity contribution in [2.75, 3.05) is 11.9 Å². The van der Waals surface area contributed by atoms with Gasteiger partial charge in [0.15, 0.2) is 0 Å². The van der Waals surface area contributed by atoms with Gasteiger partial charge in [-0.1, -0.05) is 24.1 Å². The van der Waals surface area contributed by atoms with Crippen LogP contribution < -0.4 is 10.6 Å². The van der Waals surface area contributed by atoms with Crippen LogP contribution in [0, 0.1) is 19.3 Å². The Bertz CT molecular complexity index is 1000. The van der Waals surface area contributed by atoms with Crippen molar-refractivity contribution in [2.24, 2.45) is 0 Å². The van der Waals surface area contributed by atoms with Gasteiger partial charge in [-0.15, -0.1) is 17.8 Å². The molecule has 6 nitrogen and oxygen atoms in total. The minimum Gasteiger partial charge on any atom is -0.440 e. The molecule has 7 heteroatoms. The molecular formula is C20H17N3O3S. The molecule has 2 aromatic heterocycles. The number of nitrogens with zero attached hydrogens (tertiary/aromatic N) is 1. The van der Waals surface area contributed by atoms with Crippen molar-refractivity contribution in [3.63, 3.8) is 0 Å². The molecule has 0 unspecified atom stereocenters. The van der Waals surface area contributed by atoms with Crippen molar-refractivity contribution < 1.29 is 14.0 Å². The van der Waals surface area contributed by atoms with Crippen LogP contribution in [0.25, 0.3) is 10.8 Å². The van der Waals surface area contributed by atoms with Gasteiger partial charge in [-0.2, -0.15) is 0 Å². The number of terminal acetylenes is 1. The van der Waals surface area contributed by atoms with Gasteiger partial charge in [-0.3, -0.25) is 9.59 Å². The third-order valence-electron chi connectivity index (χ3n) is 3.75. The average Bonchev–Trinajstić information content (AvgIpc) is 3.30. The van der Waals surface area contributed by atoms with Gasteiger partial charge in [-0.25, -0.2) is 4.98 Å². The number of oxazole rings is 1. The van der Waals surface area contributed by atoms with Crippen LogP contribution in [0.5, 0.6) is 0 Å². The van der Waals surface area contributed by atoms with Crippen LogP contribution in [0.2, 0.25) is 0 Å². The number of thiophene rings is 1. The van der Waals surface area contributed by atoms with Crippen molar-refractivity contribution in [1.29, 1.82) is 0 Å². The van der Waals surface area contributed by atoms with Crippen molar-refractivity contribution in [3.05, 3.63) is 58.8 Å². The van der Waals surface area contributed by atoms with E-state index in [9.17, 15) is 9.59 Å². The Morgan fingerprint density at radius 2 is 2.07 bits per heavy atom. The van der Waals surface area contributed by atoms with Crippen molar-refractivity contribution in [1.82, 2.24) is 10.3 Å². The van der Waals surface area contributed by atoms with Crippen LogP contribution in [0.1, 0.15) is 21.8 Å². The van der Waals surface area contributed by atoms with Gasteiger partial charge in [0.1, 0.15) is 5.76 Å². The highest BCUT2D eigenvalue weighted by molar-refractivity contribution is 7.13. The number of aromatic nitrogens is 1. The summed E-state index contributed by atoms with van der Waals surface area (Å²) in [6.45, 7) is 1.89. The lowest BCUT2D eigenvalue weighted by molar-refractivity contribution is -0.115. The van der Waals surface area contributed by atoms with E-state index in [1.165, 1.54) is 11.3 Å². The Labute approximate surface area is 160 Å². The Morgan fingerprint density at radius 1 is 1.26 bits per heavy atom. The summed E-state index contributed by atoms with van der Waals surface area (Å²) in [5, 5.41) is 7.28. The minimum absolute atomic E-state index is 0.0427. The fraction of sp³-hybridized carbons (Fsp3) is 0.150. The number of amides is 2. The predicted octanol–water partition coefficient (Wildman–Crippen LogP) is 3.26. The summed E-state index contributed by atoms with van der Waals surface area (Å²) in [6, 6.07) is 10.6. The zero-order chi connectivity index (χ0) is 19.2. The van der Waals surface area contributed by atoms with Crippen LogP contribution >= 0.6 is 11.3 Å². The standard InChI is InChI=1S/C20H17N3O3S/c1-3-10-21-19(25)14-7-4-5-8-15(14)22-18(24)12-16-13(2)26-20(23-16)17-9-6-11-27-17/h1,4-9,11H,10,12H2,2H3,(H,21,25)(H,22,24). The van der Waals surface area contributed by atoms with Crippen LogP contribution in [0.3, 0.4) is 0 Å². The van der Waals surface area contributed by atoms with Gasteiger partial charge in [0, 0.05) is 0 Å². The fourth-order valence-corrected chi connectivity index (χ4v) is 3.11. The molecule has 2 heterocycles. The molecule has 0 bridgehead atoms. The number of hydrogen-bond donors (Lipinski definition) is 2. The maximum atomic E-state index is 12.5. The van der Waals surface area contributed by atoms with Gasteiger partial charge < -0.3 is 15.1 Å². The maximum Gasteiger partial charge on any atom is 0.254 e. The molecule has 0 aliphatic carbocycles. The first-order valence-electron chi connectivity index (χ1n) is 8.19. The topological polar surface area (TPSA) is 84.2 Å². The van der Waals surface area contributed by atoms with Crippen LogP contribution in [0.4, 0.5) is 5.69 Å². The van der Waals surface area contributed by atoms with E-state index in [0.29, 0.717) is 28.6 Å². The molecule has 0 saturated heterocycles. The van der Waals surface area contributed by atoms with Gasteiger partial charge in [0.05, 0.1) is 34.8 Å². The molecule has 0 saturated carbocycles. The number of para-hydroxylation sites is 1. The van der Waals surface area contributed by atoms with E-state index in [0.717, 1.165) is 4.88 Å². The summed E-state index contributed by atoms with van der Waals surface area (Å²) in [5.41, 5.74) is 1.32. The van der Waals surface area contributed by atoms with E-state index in [-0.39, 0.29) is 24.8 Å². The number of anilines is 1. The molecule has 1 aromatic carbocycles. The number of nitrogens with one attached hydrogen (secondary N) is 2. The molecule has 0 aliphatic heterocycles. The third kappa shape index (κ3) is 4.43. The fourth-order valence-electron chi connectivity index (χ4n) is 2.46. The number of rotatable bonds is 6. The molecule has 27 heavy (non-hydrogen) atoms. The largest absolute Gasteiger partial charge is 0.440 e. The van der Waals surface area contributed by atoms with Gasteiger partial charge in [0.25, 0.3) is 5.91 Å². The lowest BCUT2D eigenvalue weighted by Crippen LogP contribution is -2.25. The predicted molar refractivity (Wildman–Crippen MR) is 104 cm³/mol. The number of aryl methyl sites for hydroxylation is 1. The van der Waals surface area contributed by atoms with Crippen molar-refractivity contribution >= 4 is 28.8 Å². The summed E-state index contributed by atoms with van der Waals surface area (Å²) >= 11 is 1.52. The van der Waals surface area contributed by atoms with E-state index in [1.54, 1.807) is 31.2 Å². The molecule has 0 aliphatic rings. The number of benzene rings is 1. The maximum absolute atomic E-state index is 12.5. The summed E-state index contributed by atoms with van der Waals surface area (Å²) in [5.74, 6) is 2.80. The average molecular weight is 379 g/mol. The van der Waals surface area contributed by atoms with Crippen LogP contribution in [-0.4, -0.2) is 23.3 Å². The molecular weight excluding hydrogens is 362 g/mol.